The van der Waals surface area contributed by atoms with Gasteiger partial charge in [-0.1, -0.05) is 23.1 Å². The van der Waals surface area contributed by atoms with Crippen molar-refractivity contribution in [3.8, 4) is 0 Å². The van der Waals surface area contributed by atoms with E-state index in [0.29, 0.717) is 9.47 Å². The van der Waals surface area contributed by atoms with Crippen LogP contribution in [0.4, 0.5) is 5.13 Å². The quantitative estimate of drug-likeness (QED) is 0.789. The van der Waals surface area contributed by atoms with Crippen molar-refractivity contribution < 1.29 is 9.90 Å². The number of carboxylic acids is 1. The molecule has 0 aliphatic carbocycles. The monoisotopic (exact) mass is 329 g/mol. The molecule has 2 aromatic heterocycles. The van der Waals surface area contributed by atoms with Crippen LogP contribution in [0.3, 0.4) is 0 Å². The normalized spacial score (nSPS) is 12.3. The SMILES string of the molecule is Cc1cc(C(C)Nc2nnc(SCC(=O)O)s2)c(C)s1. The van der Waals surface area contributed by atoms with Crippen molar-refractivity contribution >= 4 is 45.5 Å². The second-order valence-electron chi connectivity index (χ2n) is 4.29. The molecule has 2 rings (SSSR count). The van der Waals surface area contributed by atoms with E-state index in [1.165, 1.54) is 38.4 Å². The van der Waals surface area contributed by atoms with E-state index in [-0.39, 0.29) is 11.8 Å². The van der Waals surface area contributed by atoms with E-state index in [2.05, 4.69) is 42.4 Å². The first kappa shape index (κ1) is 15.3. The third kappa shape index (κ3) is 3.94. The lowest BCUT2D eigenvalue weighted by Gasteiger charge is -2.11. The molecule has 0 aliphatic rings. The fourth-order valence-corrected chi connectivity index (χ4v) is 4.37. The van der Waals surface area contributed by atoms with Gasteiger partial charge in [-0.2, -0.15) is 0 Å². The number of thiophene rings is 1. The van der Waals surface area contributed by atoms with Gasteiger partial charge in [0.1, 0.15) is 0 Å². The van der Waals surface area contributed by atoms with Crippen molar-refractivity contribution in [3.63, 3.8) is 0 Å². The lowest BCUT2D eigenvalue weighted by molar-refractivity contribution is -0.133. The number of rotatable bonds is 6. The van der Waals surface area contributed by atoms with Crippen LogP contribution in [0, 0.1) is 13.8 Å². The van der Waals surface area contributed by atoms with E-state index < -0.39 is 5.97 Å². The fourth-order valence-electron chi connectivity index (χ4n) is 1.79. The first-order chi connectivity index (χ1) is 9.45. The molecular weight excluding hydrogens is 314 g/mol. The number of carboxylic acid groups (broad SMARTS) is 1. The Morgan fingerprint density at radius 1 is 1.45 bits per heavy atom. The zero-order valence-electron chi connectivity index (χ0n) is 11.3. The summed E-state index contributed by atoms with van der Waals surface area (Å²) in [5.74, 6) is -0.843. The van der Waals surface area contributed by atoms with E-state index in [0.717, 1.165) is 0 Å². The van der Waals surface area contributed by atoms with Gasteiger partial charge in [0.25, 0.3) is 0 Å². The lowest BCUT2D eigenvalue weighted by atomic mass is 10.1. The molecule has 108 valence electrons. The highest BCUT2D eigenvalue weighted by molar-refractivity contribution is 8.01. The second-order valence-corrected chi connectivity index (χ2v) is 7.95. The minimum absolute atomic E-state index is 0.00696. The third-order valence-corrected chi connectivity index (χ3v) is 5.57. The summed E-state index contributed by atoms with van der Waals surface area (Å²) in [5, 5.41) is 20.7. The van der Waals surface area contributed by atoms with Crippen molar-refractivity contribution in [2.24, 2.45) is 0 Å². The molecule has 2 aromatic rings. The molecule has 5 nitrogen and oxygen atoms in total. The number of aromatic nitrogens is 2. The van der Waals surface area contributed by atoms with Crippen LogP contribution in [0.5, 0.6) is 0 Å². The number of hydrogen-bond donors (Lipinski definition) is 2. The summed E-state index contributed by atoms with van der Waals surface area (Å²) in [6.07, 6.45) is 0. The predicted molar refractivity (Wildman–Crippen MR) is 84.1 cm³/mol. The summed E-state index contributed by atoms with van der Waals surface area (Å²) in [6.45, 7) is 6.29. The Kier molecular flexibility index (Phi) is 5.00. The molecule has 0 spiro atoms. The molecule has 0 saturated carbocycles. The zero-order valence-corrected chi connectivity index (χ0v) is 13.8. The average molecular weight is 329 g/mol. The lowest BCUT2D eigenvalue weighted by Crippen LogP contribution is -2.06. The number of nitrogens with one attached hydrogen (secondary N) is 1. The largest absolute Gasteiger partial charge is 0.481 e. The molecule has 0 bridgehead atoms. The maximum atomic E-state index is 10.5. The molecular formula is C12H15N3O2S3. The van der Waals surface area contributed by atoms with Gasteiger partial charge in [-0.3, -0.25) is 4.79 Å². The van der Waals surface area contributed by atoms with Gasteiger partial charge >= 0.3 is 5.97 Å². The van der Waals surface area contributed by atoms with Crippen LogP contribution >= 0.6 is 34.4 Å². The first-order valence-corrected chi connectivity index (χ1v) is 8.59. The van der Waals surface area contributed by atoms with E-state index in [1.807, 2.05) is 0 Å². The fraction of sp³-hybridized carbons (Fsp3) is 0.417. The molecule has 1 atom stereocenters. The van der Waals surface area contributed by atoms with Gasteiger partial charge in [-0.15, -0.1) is 21.5 Å². The first-order valence-electron chi connectivity index (χ1n) is 5.97. The highest BCUT2D eigenvalue weighted by Crippen LogP contribution is 2.31. The van der Waals surface area contributed by atoms with Gasteiger partial charge in [-0.05, 0) is 32.4 Å². The molecule has 0 aliphatic heterocycles. The number of aryl methyl sites for hydroxylation is 2. The molecule has 0 saturated heterocycles. The number of aliphatic carboxylic acids is 1. The summed E-state index contributed by atoms with van der Waals surface area (Å²) in [7, 11) is 0. The van der Waals surface area contributed by atoms with Crippen LogP contribution in [0.25, 0.3) is 0 Å². The second kappa shape index (κ2) is 6.55. The Morgan fingerprint density at radius 2 is 2.20 bits per heavy atom. The number of nitrogens with zero attached hydrogens (tertiary/aromatic N) is 2. The van der Waals surface area contributed by atoms with E-state index >= 15 is 0 Å². The van der Waals surface area contributed by atoms with Gasteiger partial charge in [0.15, 0.2) is 4.34 Å². The summed E-state index contributed by atoms with van der Waals surface area (Å²) < 4.78 is 0.667. The third-order valence-electron chi connectivity index (χ3n) is 2.61. The minimum atomic E-state index is -0.850. The molecule has 20 heavy (non-hydrogen) atoms. The molecule has 0 radical (unpaired) electrons. The average Bonchev–Trinajstić information content (AvgIpc) is 2.93. The predicted octanol–water partition coefficient (Wildman–Crippen LogP) is 3.57. The highest BCUT2D eigenvalue weighted by Gasteiger charge is 2.14. The van der Waals surface area contributed by atoms with Gasteiger partial charge in [-0.25, -0.2) is 0 Å². The van der Waals surface area contributed by atoms with E-state index in [1.54, 1.807) is 11.3 Å². The van der Waals surface area contributed by atoms with Crippen molar-refractivity contribution in [2.75, 3.05) is 11.1 Å². The van der Waals surface area contributed by atoms with Gasteiger partial charge < -0.3 is 10.4 Å². The summed E-state index contributed by atoms with van der Waals surface area (Å²) in [6, 6.07) is 2.34. The molecule has 2 N–H and O–H groups in total. The van der Waals surface area contributed by atoms with Gasteiger partial charge in [0, 0.05) is 9.75 Å². The molecule has 0 fully saturated rings. The number of anilines is 1. The molecule has 0 aromatic carbocycles. The van der Waals surface area contributed by atoms with Gasteiger partial charge in [0.05, 0.1) is 11.8 Å². The van der Waals surface area contributed by atoms with Crippen LogP contribution in [-0.2, 0) is 4.79 Å². The Balaban J connectivity index is 1.99. The number of carbonyl (C=O) groups is 1. The molecule has 8 heteroatoms. The molecule has 1 unspecified atom stereocenters. The van der Waals surface area contributed by atoms with Crippen molar-refractivity contribution in [2.45, 2.75) is 31.2 Å². The Morgan fingerprint density at radius 3 is 2.80 bits per heavy atom. The summed E-state index contributed by atoms with van der Waals surface area (Å²) >= 11 is 4.35. The van der Waals surface area contributed by atoms with Crippen molar-refractivity contribution in [1.82, 2.24) is 10.2 Å². The minimum Gasteiger partial charge on any atom is -0.481 e. The standard InChI is InChI=1S/C12H15N3O2S3/c1-6-4-9(8(3)19-6)7(2)13-11-14-15-12(20-11)18-5-10(16)17/h4,7H,5H2,1-3H3,(H,13,14)(H,16,17). The highest BCUT2D eigenvalue weighted by atomic mass is 32.2. The van der Waals surface area contributed by atoms with E-state index in [9.17, 15) is 4.79 Å². The maximum absolute atomic E-state index is 10.5. The molecule has 0 amide bonds. The Hall–Kier alpha value is -1.12. The molecule has 2 heterocycles. The van der Waals surface area contributed by atoms with Crippen LogP contribution in [0.2, 0.25) is 0 Å². The smallest absolute Gasteiger partial charge is 0.313 e. The zero-order chi connectivity index (χ0) is 14.7. The van der Waals surface area contributed by atoms with Gasteiger partial charge in [0.2, 0.25) is 5.13 Å². The van der Waals surface area contributed by atoms with Crippen LogP contribution in [-0.4, -0.2) is 27.0 Å². The van der Waals surface area contributed by atoms with Crippen LogP contribution in [0.1, 0.15) is 28.3 Å². The van der Waals surface area contributed by atoms with Crippen molar-refractivity contribution in [3.05, 3.63) is 21.4 Å². The van der Waals surface area contributed by atoms with Crippen molar-refractivity contribution in [1.29, 1.82) is 0 Å². The maximum Gasteiger partial charge on any atom is 0.313 e. The Labute approximate surface area is 129 Å². The van der Waals surface area contributed by atoms with E-state index in [4.69, 9.17) is 5.11 Å². The number of thioether (sulfide) groups is 1. The summed E-state index contributed by atoms with van der Waals surface area (Å²) in [4.78, 5) is 13.1. The topological polar surface area (TPSA) is 75.1 Å². The van der Waals surface area contributed by atoms with Crippen LogP contribution < -0.4 is 5.32 Å². The Bertz CT molecular complexity index is 609. The number of hydrogen-bond acceptors (Lipinski definition) is 7. The summed E-state index contributed by atoms with van der Waals surface area (Å²) in [5.41, 5.74) is 1.27. The van der Waals surface area contributed by atoms with Crippen LogP contribution in [0.15, 0.2) is 10.4 Å².